The van der Waals surface area contributed by atoms with E-state index in [1.807, 2.05) is 36.1 Å². The minimum atomic E-state index is -0.262. The van der Waals surface area contributed by atoms with E-state index in [1.54, 1.807) is 0 Å². The summed E-state index contributed by atoms with van der Waals surface area (Å²) in [6, 6.07) is 0.0425. The molecule has 0 spiro atoms. The van der Waals surface area contributed by atoms with Crippen molar-refractivity contribution in [2.45, 2.75) is 33.2 Å². The molecule has 0 bridgehead atoms. The van der Waals surface area contributed by atoms with Gasteiger partial charge in [0.05, 0.1) is 31.6 Å². The Morgan fingerprint density at radius 3 is 2.92 bits per heavy atom. The summed E-state index contributed by atoms with van der Waals surface area (Å²) in [6.07, 6.45) is 8.34. The van der Waals surface area contributed by atoms with Crippen LogP contribution in [0.5, 0.6) is 0 Å². The Morgan fingerprint density at radius 1 is 1.33 bits per heavy atom. The molecule has 2 N–H and O–H groups in total. The Bertz CT molecular complexity index is 512. The molecule has 0 aromatic carbocycles. The molecule has 0 saturated carbocycles. The van der Waals surface area contributed by atoms with Gasteiger partial charge < -0.3 is 20.1 Å². The van der Waals surface area contributed by atoms with Crippen LogP contribution in [0.2, 0.25) is 0 Å². The van der Waals surface area contributed by atoms with E-state index in [2.05, 4.69) is 24.5 Å². The number of hydrogen-bond donors (Lipinski definition) is 2. The van der Waals surface area contributed by atoms with E-state index >= 15 is 0 Å². The second-order valence-corrected chi connectivity index (χ2v) is 6.20. The molecule has 134 valence electrons. The quantitative estimate of drug-likeness (QED) is 0.552. The number of ether oxygens (including phenoxy) is 2. The molecular weight excluding hydrogens is 306 g/mol. The van der Waals surface area contributed by atoms with Gasteiger partial charge in [-0.1, -0.05) is 38.2 Å². The van der Waals surface area contributed by atoms with E-state index in [1.165, 1.54) is 5.70 Å². The van der Waals surface area contributed by atoms with E-state index < -0.39 is 0 Å². The molecule has 0 radical (unpaired) electrons. The van der Waals surface area contributed by atoms with Crippen LogP contribution in [-0.4, -0.2) is 50.1 Å². The molecule has 1 unspecified atom stereocenters. The lowest BCUT2D eigenvalue weighted by Crippen LogP contribution is -2.49. The van der Waals surface area contributed by atoms with Gasteiger partial charge in [-0.3, -0.25) is 4.90 Å². The van der Waals surface area contributed by atoms with Crippen LogP contribution in [0.15, 0.2) is 35.7 Å². The zero-order valence-electron chi connectivity index (χ0n) is 14.9. The molecule has 2 aliphatic heterocycles. The molecule has 0 aromatic heterocycles. The molecule has 0 aliphatic carbocycles. The van der Waals surface area contributed by atoms with Crippen LogP contribution in [0.25, 0.3) is 0 Å². The molecule has 2 aliphatic rings. The van der Waals surface area contributed by atoms with Crippen molar-refractivity contribution >= 4 is 6.09 Å². The maximum absolute atomic E-state index is 12.4. The maximum atomic E-state index is 12.4. The Hall–Kier alpha value is -1.95. The molecule has 0 saturated heterocycles. The standard InChI is InChI=1S/C18H29N3O3/c1-4-5-6-7-10-23-11-12-24-18(22)21-9-8-15-16(20-13-19-15)17(21)14(2)3/h4-7,14,17,19-20H,8-13H2,1-3H3/b5-4-,7-6-. The Balaban J connectivity index is 1.77. The first-order valence-electron chi connectivity index (χ1n) is 8.65. The fourth-order valence-corrected chi connectivity index (χ4v) is 3.05. The van der Waals surface area contributed by atoms with Gasteiger partial charge in [-0.15, -0.1) is 0 Å². The maximum Gasteiger partial charge on any atom is 0.410 e. The molecule has 2 heterocycles. The first kappa shape index (κ1) is 18.4. The van der Waals surface area contributed by atoms with Gasteiger partial charge in [-0.25, -0.2) is 4.79 Å². The van der Waals surface area contributed by atoms with Crippen molar-refractivity contribution in [2.24, 2.45) is 5.92 Å². The highest BCUT2D eigenvalue weighted by atomic mass is 16.6. The topological polar surface area (TPSA) is 62.8 Å². The van der Waals surface area contributed by atoms with E-state index in [0.717, 1.165) is 18.8 Å². The van der Waals surface area contributed by atoms with Crippen LogP contribution in [0, 0.1) is 5.92 Å². The smallest absolute Gasteiger partial charge is 0.410 e. The van der Waals surface area contributed by atoms with Crippen LogP contribution in [-0.2, 0) is 9.47 Å². The molecule has 24 heavy (non-hydrogen) atoms. The van der Waals surface area contributed by atoms with Crippen molar-refractivity contribution < 1.29 is 14.3 Å². The molecular formula is C18H29N3O3. The summed E-state index contributed by atoms with van der Waals surface area (Å²) in [4.78, 5) is 14.3. The van der Waals surface area contributed by atoms with Gasteiger partial charge in [-0.2, -0.15) is 0 Å². The number of carbonyl (C=O) groups is 1. The molecule has 2 rings (SSSR count). The van der Waals surface area contributed by atoms with Crippen molar-refractivity contribution in [1.82, 2.24) is 15.5 Å². The average Bonchev–Trinajstić information content (AvgIpc) is 3.04. The molecule has 6 heteroatoms. The average molecular weight is 335 g/mol. The number of rotatable bonds is 7. The van der Waals surface area contributed by atoms with E-state index in [0.29, 0.717) is 25.7 Å². The van der Waals surface area contributed by atoms with Crippen molar-refractivity contribution in [2.75, 3.05) is 33.0 Å². The highest BCUT2D eigenvalue weighted by molar-refractivity contribution is 5.69. The third kappa shape index (κ3) is 4.77. The Kier molecular flexibility index (Phi) is 7.18. The Morgan fingerprint density at radius 2 is 2.17 bits per heavy atom. The highest BCUT2D eigenvalue weighted by Crippen LogP contribution is 2.28. The lowest BCUT2D eigenvalue weighted by molar-refractivity contribution is 0.0504. The summed E-state index contributed by atoms with van der Waals surface area (Å²) < 4.78 is 10.8. The van der Waals surface area contributed by atoms with Crippen LogP contribution >= 0.6 is 0 Å². The lowest BCUT2D eigenvalue weighted by Gasteiger charge is -2.38. The van der Waals surface area contributed by atoms with Crippen LogP contribution in [0.1, 0.15) is 27.2 Å². The normalized spacial score (nSPS) is 20.7. The zero-order chi connectivity index (χ0) is 17.4. The van der Waals surface area contributed by atoms with Gasteiger partial charge in [0, 0.05) is 18.7 Å². The molecule has 0 aromatic rings. The summed E-state index contributed by atoms with van der Waals surface area (Å²) in [5, 5.41) is 6.70. The molecule has 1 atom stereocenters. The summed E-state index contributed by atoms with van der Waals surface area (Å²) in [7, 11) is 0. The Labute approximate surface area is 144 Å². The van der Waals surface area contributed by atoms with Gasteiger partial charge in [0.15, 0.2) is 0 Å². The zero-order valence-corrected chi connectivity index (χ0v) is 14.9. The van der Waals surface area contributed by atoms with Gasteiger partial charge in [0.2, 0.25) is 0 Å². The number of hydrogen-bond acceptors (Lipinski definition) is 5. The fourth-order valence-electron chi connectivity index (χ4n) is 3.05. The SMILES string of the molecule is C/C=C\C=C/COCCOC(=O)N1CCC2=C(NCN2)C1C(C)C. The van der Waals surface area contributed by atoms with Gasteiger partial charge in [0.25, 0.3) is 0 Å². The van der Waals surface area contributed by atoms with E-state index in [9.17, 15) is 4.79 Å². The monoisotopic (exact) mass is 335 g/mol. The predicted octanol–water partition coefficient (Wildman–Crippen LogP) is 2.36. The summed E-state index contributed by atoms with van der Waals surface area (Å²) in [5.74, 6) is 0.322. The predicted molar refractivity (Wildman–Crippen MR) is 94.2 cm³/mol. The van der Waals surface area contributed by atoms with Crippen molar-refractivity contribution in [3.05, 3.63) is 35.7 Å². The third-order valence-corrected chi connectivity index (χ3v) is 4.11. The third-order valence-electron chi connectivity index (χ3n) is 4.11. The van der Waals surface area contributed by atoms with Gasteiger partial charge >= 0.3 is 6.09 Å². The van der Waals surface area contributed by atoms with Gasteiger partial charge in [-0.05, 0) is 12.8 Å². The van der Waals surface area contributed by atoms with Crippen LogP contribution in [0.4, 0.5) is 4.79 Å². The number of nitrogens with one attached hydrogen (secondary N) is 2. The van der Waals surface area contributed by atoms with Crippen LogP contribution < -0.4 is 10.6 Å². The summed E-state index contributed by atoms with van der Waals surface area (Å²) >= 11 is 0. The van der Waals surface area contributed by atoms with Crippen LogP contribution in [0.3, 0.4) is 0 Å². The molecule has 0 fully saturated rings. The molecule has 6 nitrogen and oxygen atoms in total. The first-order valence-corrected chi connectivity index (χ1v) is 8.65. The van der Waals surface area contributed by atoms with Gasteiger partial charge in [0.1, 0.15) is 6.61 Å². The summed E-state index contributed by atoms with van der Waals surface area (Å²) in [6.45, 7) is 8.84. The number of amides is 1. The minimum Gasteiger partial charge on any atom is -0.447 e. The van der Waals surface area contributed by atoms with Crippen molar-refractivity contribution in [1.29, 1.82) is 0 Å². The fraction of sp³-hybridized carbons (Fsp3) is 0.611. The van der Waals surface area contributed by atoms with E-state index in [4.69, 9.17) is 9.47 Å². The largest absolute Gasteiger partial charge is 0.447 e. The molecule has 1 amide bonds. The number of carbonyl (C=O) groups excluding carboxylic acids is 1. The number of allylic oxidation sites excluding steroid dienone is 3. The minimum absolute atomic E-state index is 0.0425. The van der Waals surface area contributed by atoms with Crippen molar-refractivity contribution in [3.63, 3.8) is 0 Å². The van der Waals surface area contributed by atoms with Crippen molar-refractivity contribution in [3.8, 4) is 0 Å². The second-order valence-electron chi connectivity index (χ2n) is 6.20. The lowest BCUT2D eigenvalue weighted by atomic mass is 9.94. The first-order chi connectivity index (χ1) is 11.6. The second kappa shape index (κ2) is 9.37. The summed E-state index contributed by atoms with van der Waals surface area (Å²) in [5.41, 5.74) is 2.37. The highest BCUT2D eigenvalue weighted by Gasteiger charge is 2.37. The number of nitrogens with zero attached hydrogens (tertiary/aromatic N) is 1. The van der Waals surface area contributed by atoms with E-state index in [-0.39, 0.29) is 18.7 Å².